The first-order chi connectivity index (χ1) is 17.5. The number of rotatable bonds is 9. The summed E-state index contributed by atoms with van der Waals surface area (Å²) >= 11 is 6.12. The monoisotopic (exact) mass is 500 g/mol. The van der Waals surface area contributed by atoms with Crippen molar-refractivity contribution in [1.82, 2.24) is 4.90 Å². The van der Waals surface area contributed by atoms with Crippen LogP contribution in [0.2, 0.25) is 5.02 Å². The first-order valence-corrected chi connectivity index (χ1v) is 12.1. The number of benzene rings is 4. The number of halogens is 1. The topological polar surface area (TPSA) is 50.8 Å². The molecule has 184 valence electrons. The van der Waals surface area contributed by atoms with Gasteiger partial charge < -0.3 is 19.7 Å². The lowest BCUT2D eigenvalue weighted by Crippen LogP contribution is -2.36. The van der Waals surface area contributed by atoms with Gasteiger partial charge in [0.15, 0.2) is 11.5 Å². The smallest absolute Gasteiger partial charge is 0.322 e. The molecule has 0 heterocycles. The Hall–Kier alpha value is -3.96. The SMILES string of the molecule is COc1cc(CN(C(=O)Nc2cccc(Cl)c2)C(C)c2ccccc2)ccc1OCc1ccccc1. The van der Waals surface area contributed by atoms with Gasteiger partial charge in [0.1, 0.15) is 6.61 Å². The van der Waals surface area contributed by atoms with Crippen molar-refractivity contribution in [2.24, 2.45) is 0 Å². The number of carbonyl (C=O) groups excluding carboxylic acids is 1. The van der Waals surface area contributed by atoms with Gasteiger partial charge in [-0.3, -0.25) is 0 Å². The van der Waals surface area contributed by atoms with Crippen molar-refractivity contribution in [2.45, 2.75) is 26.1 Å². The molecule has 0 radical (unpaired) electrons. The molecule has 6 heteroatoms. The number of nitrogens with zero attached hydrogens (tertiary/aromatic N) is 1. The highest BCUT2D eigenvalue weighted by Gasteiger charge is 2.23. The molecule has 0 aromatic heterocycles. The summed E-state index contributed by atoms with van der Waals surface area (Å²) in [5, 5.41) is 3.54. The van der Waals surface area contributed by atoms with Gasteiger partial charge in [-0.25, -0.2) is 4.79 Å². The second-order valence-corrected chi connectivity index (χ2v) is 8.85. The Bertz CT molecular complexity index is 1280. The van der Waals surface area contributed by atoms with Crippen molar-refractivity contribution in [1.29, 1.82) is 0 Å². The van der Waals surface area contributed by atoms with E-state index in [0.29, 0.717) is 35.4 Å². The summed E-state index contributed by atoms with van der Waals surface area (Å²) in [5.74, 6) is 1.27. The van der Waals surface area contributed by atoms with E-state index in [-0.39, 0.29) is 12.1 Å². The zero-order valence-corrected chi connectivity index (χ0v) is 21.1. The Morgan fingerprint density at radius 3 is 2.28 bits per heavy atom. The molecular formula is C30H29ClN2O3. The molecule has 1 unspecified atom stereocenters. The van der Waals surface area contributed by atoms with Crippen molar-refractivity contribution >= 4 is 23.3 Å². The van der Waals surface area contributed by atoms with Crippen LogP contribution in [0.25, 0.3) is 0 Å². The standard InChI is InChI=1S/C30H29ClN2O3/c1-22(25-12-7-4-8-13-25)33(30(34)32-27-15-9-14-26(31)19-27)20-24-16-17-28(29(18-24)35-2)36-21-23-10-5-3-6-11-23/h3-19,22H,20-21H2,1-2H3,(H,32,34). The van der Waals surface area contributed by atoms with Gasteiger partial charge >= 0.3 is 6.03 Å². The molecule has 1 atom stereocenters. The van der Waals surface area contributed by atoms with Crippen molar-refractivity contribution in [3.63, 3.8) is 0 Å². The van der Waals surface area contributed by atoms with Crippen LogP contribution in [0.4, 0.5) is 10.5 Å². The van der Waals surface area contributed by atoms with Gasteiger partial charge in [0.2, 0.25) is 0 Å². The van der Waals surface area contributed by atoms with E-state index in [1.807, 2.05) is 97.9 Å². The Labute approximate surface area is 217 Å². The zero-order valence-electron chi connectivity index (χ0n) is 20.4. The number of nitrogens with one attached hydrogen (secondary N) is 1. The lowest BCUT2D eigenvalue weighted by molar-refractivity contribution is 0.189. The average molecular weight is 501 g/mol. The molecule has 1 N–H and O–H groups in total. The van der Waals surface area contributed by atoms with Crippen molar-refractivity contribution < 1.29 is 14.3 Å². The maximum atomic E-state index is 13.4. The Morgan fingerprint density at radius 2 is 1.58 bits per heavy atom. The highest BCUT2D eigenvalue weighted by Crippen LogP contribution is 2.31. The summed E-state index contributed by atoms with van der Waals surface area (Å²) in [6, 6.07) is 32.4. The highest BCUT2D eigenvalue weighted by molar-refractivity contribution is 6.30. The van der Waals surface area contributed by atoms with Crippen LogP contribution in [0, 0.1) is 0 Å². The second-order valence-electron chi connectivity index (χ2n) is 8.41. The molecule has 4 aromatic rings. The van der Waals surface area contributed by atoms with E-state index in [2.05, 4.69) is 5.32 Å². The summed E-state index contributed by atoms with van der Waals surface area (Å²) in [5.41, 5.74) is 3.67. The molecule has 0 spiro atoms. The summed E-state index contributed by atoms with van der Waals surface area (Å²) in [7, 11) is 1.62. The van der Waals surface area contributed by atoms with Gasteiger partial charge in [0, 0.05) is 17.3 Å². The summed E-state index contributed by atoms with van der Waals surface area (Å²) in [4.78, 5) is 15.2. The molecule has 0 saturated heterocycles. The van der Waals surface area contributed by atoms with E-state index in [1.165, 1.54) is 0 Å². The molecule has 4 rings (SSSR count). The predicted octanol–water partition coefficient (Wildman–Crippen LogP) is 7.72. The predicted molar refractivity (Wildman–Crippen MR) is 145 cm³/mol. The van der Waals surface area contributed by atoms with Gasteiger partial charge in [-0.15, -0.1) is 0 Å². The molecule has 4 aromatic carbocycles. The molecule has 0 aliphatic heterocycles. The number of hydrogen-bond donors (Lipinski definition) is 1. The Kier molecular flexibility index (Phi) is 8.48. The van der Waals surface area contributed by atoms with E-state index < -0.39 is 0 Å². The van der Waals surface area contributed by atoms with Gasteiger partial charge in [-0.1, -0.05) is 84.4 Å². The second kappa shape index (κ2) is 12.1. The molecule has 2 amide bonds. The summed E-state index contributed by atoms with van der Waals surface area (Å²) in [6.45, 7) is 2.83. The third kappa shape index (κ3) is 6.58. The summed E-state index contributed by atoms with van der Waals surface area (Å²) in [6.07, 6.45) is 0. The number of carbonyl (C=O) groups is 1. The van der Waals surface area contributed by atoms with Crippen LogP contribution < -0.4 is 14.8 Å². The molecule has 0 bridgehead atoms. The van der Waals surface area contributed by atoms with E-state index in [4.69, 9.17) is 21.1 Å². The maximum absolute atomic E-state index is 13.4. The Morgan fingerprint density at radius 1 is 0.861 bits per heavy atom. The van der Waals surface area contributed by atoms with Gasteiger partial charge in [-0.05, 0) is 53.9 Å². The number of ether oxygens (including phenoxy) is 2. The number of anilines is 1. The molecule has 0 aliphatic rings. The molecule has 0 saturated carbocycles. The average Bonchev–Trinajstić information content (AvgIpc) is 2.91. The van der Waals surface area contributed by atoms with E-state index >= 15 is 0 Å². The van der Waals surface area contributed by atoms with Gasteiger partial charge in [0.25, 0.3) is 0 Å². The van der Waals surface area contributed by atoms with Crippen LogP contribution in [0.5, 0.6) is 11.5 Å². The molecular weight excluding hydrogens is 472 g/mol. The van der Waals surface area contributed by atoms with Crippen LogP contribution in [-0.2, 0) is 13.2 Å². The van der Waals surface area contributed by atoms with Crippen LogP contribution in [0.1, 0.15) is 29.7 Å². The molecule has 0 fully saturated rings. The Balaban J connectivity index is 1.55. The van der Waals surface area contributed by atoms with E-state index in [0.717, 1.165) is 16.7 Å². The number of methoxy groups -OCH3 is 1. The maximum Gasteiger partial charge on any atom is 0.322 e. The van der Waals surface area contributed by atoms with Crippen molar-refractivity contribution in [2.75, 3.05) is 12.4 Å². The number of urea groups is 1. The van der Waals surface area contributed by atoms with Gasteiger partial charge in [0.05, 0.1) is 13.2 Å². The van der Waals surface area contributed by atoms with Crippen LogP contribution in [0.15, 0.2) is 103 Å². The van der Waals surface area contributed by atoms with E-state index in [9.17, 15) is 4.79 Å². The van der Waals surface area contributed by atoms with E-state index in [1.54, 1.807) is 24.1 Å². The molecule has 0 aliphatic carbocycles. The quantitative estimate of drug-likeness (QED) is 0.256. The minimum atomic E-state index is -0.225. The van der Waals surface area contributed by atoms with Crippen LogP contribution >= 0.6 is 11.6 Å². The normalized spacial score (nSPS) is 11.4. The third-order valence-electron chi connectivity index (χ3n) is 5.90. The fourth-order valence-corrected chi connectivity index (χ4v) is 4.11. The lowest BCUT2D eigenvalue weighted by Gasteiger charge is -2.30. The van der Waals surface area contributed by atoms with Crippen molar-refractivity contribution in [3.05, 3.63) is 125 Å². The number of hydrogen-bond acceptors (Lipinski definition) is 3. The molecule has 36 heavy (non-hydrogen) atoms. The molecule has 5 nitrogen and oxygen atoms in total. The largest absolute Gasteiger partial charge is 0.493 e. The minimum absolute atomic E-state index is 0.176. The van der Waals surface area contributed by atoms with Crippen LogP contribution in [0.3, 0.4) is 0 Å². The fraction of sp³-hybridized carbons (Fsp3) is 0.167. The lowest BCUT2D eigenvalue weighted by atomic mass is 10.1. The number of amides is 2. The zero-order chi connectivity index (χ0) is 25.3. The first kappa shape index (κ1) is 25.1. The van der Waals surface area contributed by atoms with Gasteiger partial charge in [-0.2, -0.15) is 0 Å². The first-order valence-electron chi connectivity index (χ1n) is 11.8. The fourth-order valence-electron chi connectivity index (χ4n) is 3.92. The van der Waals surface area contributed by atoms with Crippen molar-refractivity contribution in [3.8, 4) is 11.5 Å². The van der Waals surface area contributed by atoms with Crippen LogP contribution in [-0.4, -0.2) is 18.0 Å². The highest BCUT2D eigenvalue weighted by atomic mass is 35.5. The minimum Gasteiger partial charge on any atom is -0.493 e. The summed E-state index contributed by atoms with van der Waals surface area (Å²) < 4.78 is 11.6. The third-order valence-corrected chi connectivity index (χ3v) is 6.14.